The Kier molecular flexibility index (Phi) is 7.44. The molecule has 0 bridgehead atoms. The van der Waals surface area contributed by atoms with Crippen LogP contribution in [0.3, 0.4) is 0 Å². The predicted molar refractivity (Wildman–Crippen MR) is 125 cm³/mol. The highest BCUT2D eigenvalue weighted by Crippen LogP contribution is 2.23. The monoisotopic (exact) mass is 468 g/mol. The van der Waals surface area contributed by atoms with Crippen LogP contribution in [-0.2, 0) is 11.8 Å². The summed E-state index contributed by atoms with van der Waals surface area (Å²) in [5.41, 5.74) is 2.57. The third-order valence-corrected chi connectivity index (χ3v) is 5.94. The maximum absolute atomic E-state index is 12.5. The van der Waals surface area contributed by atoms with E-state index in [1.54, 1.807) is 30.7 Å². The predicted octanol–water partition coefficient (Wildman–Crippen LogP) is 3.56. The van der Waals surface area contributed by atoms with Crippen molar-refractivity contribution in [1.82, 2.24) is 20.1 Å². The largest absolute Gasteiger partial charge is 0.342 e. The van der Waals surface area contributed by atoms with Gasteiger partial charge in [0.05, 0.1) is 22.4 Å². The minimum Gasteiger partial charge on any atom is -0.342 e. The zero-order chi connectivity index (χ0) is 24.1. The standard InChI is InChI=1S/C22H24N6O4S/c1-13-6-5-7-16(10-13)21(30)23-15(3)20-25-26-22(27(20)4)33-12-19(29)24-18-11-17(28(31)32)9-8-14(18)2/h5-11,15H,12H2,1-4H3,(H,23,30)(H,24,29)/t15-/m0/s1. The van der Waals surface area contributed by atoms with Gasteiger partial charge in [0.25, 0.3) is 11.6 Å². The molecule has 0 aliphatic heterocycles. The number of aromatic nitrogens is 3. The smallest absolute Gasteiger partial charge is 0.271 e. The summed E-state index contributed by atoms with van der Waals surface area (Å²) in [6, 6.07) is 11.2. The van der Waals surface area contributed by atoms with Crippen LogP contribution in [0.15, 0.2) is 47.6 Å². The van der Waals surface area contributed by atoms with E-state index in [1.165, 1.54) is 23.9 Å². The van der Waals surface area contributed by atoms with Crippen LogP contribution in [0, 0.1) is 24.0 Å². The second kappa shape index (κ2) is 10.3. The van der Waals surface area contributed by atoms with Crippen LogP contribution in [0.4, 0.5) is 11.4 Å². The van der Waals surface area contributed by atoms with Crippen molar-refractivity contribution >= 4 is 35.0 Å². The molecule has 0 saturated carbocycles. The molecule has 0 aliphatic carbocycles. The fourth-order valence-corrected chi connectivity index (χ4v) is 3.85. The first-order valence-corrected chi connectivity index (χ1v) is 11.1. The second-order valence-electron chi connectivity index (χ2n) is 7.56. The maximum Gasteiger partial charge on any atom is 0.271 e. The quantitative estimate of drug-likeness (QED) is 0.293. The van der Waals surface area contributed by atoms with E-state index in [0.717, 1.165) is 11.1 Å². The topological polar surface area (TPSA) is 132 Å². The molecule has 0 saturated heterocycles. The van der Waals surface area contributed by atoms with Gasteiger partial charge < -0.3 is 15.2 Å². The summed E-state index contributed by atoms with van der Waals surface area (Å²) in [6.07, 6.45) is 0. The van der Waals surface area contributed by atoms with Crippen LogP contribution in [0.1, 0.15) is 40.3 Å². The van der Waals surface area contributed by atoms with E-state index >= 15 is 0 Å². The number of hydrogen-bond acceptors (Lipinski definition) is 7. The van der Waals surface area contributed by atoms with Gasteiger partial charge in [-0.3, -0.25) is 19.7 Å². The Labute approximate surface area is 194 Å². The first-order chi connectivity index (χ1) is 15.7. The fourth-order valence-electron chi connectivity index (χ4n) is 3.13. The number of thioether (sulfide) groups is 1. The zero-order valence-corrected chi connectivity index (χ0v) is 19.5. The zero-order valence-electron chi connectivity index (χ0n) is 18.7. The number of nitrogens with zero attached hydrogens (tertiary/aromatic N) is 4. The number of carbonyl (C=O) groups is 2. The average molecular weight is 469 g/mol. The lowest BCUT2D eigenvalue weighted by atomic mass is 10.1. The summed E-state index contributed by atoms with van der Waals surface area (Å²) in [5, 5.41) is 25.3. The molecule has 0 radical (unpaired) electrons. The highest BCUT2D eigenvalue weighted by Gasteiger charge is 2.19. The number of nitro benzene ring substituents is 1. The van der Waals surface area contributed by atoms with E-state index in [4.69, 9.17) is 0 Å². The molecule has 0 aliphatic rings. The molecule has 11 heteroatoms. The lowest BCUT2D eigenvalue weighted by Crippen LogP contribution is -2.28. The molecule has 2 aromatic carbocycles. The van der Waals surface area contributed by atoms with Crippen molar-refractivity contribution in [2.45, 2.75) is 32.0 Å². The van der Waals surface area contributed by atoms with Gasteiger partial charge in [0, 0.05) is 24.7 Å². The van der Waals surface area contributed by atoms with Crippen LogP contribution in [0.5, 0.6) is 0 Å². The van der Waals surface area contributed by atoms with Gasteiger partial charge in [-0.2, -0.15) is 0 Å². The number of benzene rings is 2. The van der Waals surface area contributed by atoms with Crippen LogP contribution in [0.25, 0.3) is 0 Å². The summed E-state index contributed by atoms with van der Waals surface area (Å²) in [7, 11) is 1.76. The van der Waals surface area contributed by atoms with Crippen molar-refractivity contribution in [2.24, 2.45) is 7.05 Å². The number of anilines is 1. The number of aryl methyl sites for hydroxylation is 2. The molecular formula is C22H24N6O4S. The van der Waals surface area contributed by atoms with Gasteiger partial charge in [-0.15, -0.1) is 10.2 Å². The molecule has 0 unspecified atom stereocenters. The second-order valence-corrected chi connectivity index (χ2v) is 8.50. The molecule has 3 aromatic rings. The van der Waals surface area contributed by atoms with Crippen molar-refractivity contribution in [3.8, 4) is 0 Å². The van der Waals surface area contributed by atoms with E-state index in [0.29, 0.717) is 22.2 Å². The lowest BCUT2D eigenvalue weighted by Gasteiger charge is -2.14. The van der Waals surface area contributed by atoms with Gasteiger partial charge in [-0.1, -0.05) is 35.5 Å². The van der Waals surface area contributed by atoms with Crippen molar-refractivity contribution in [3.05, 3.63) is 75.1 Å². The van der Waals surface area contributed by atoms with Gasteiger partial charge in [0.15, 0.2) is 11.0 Å². The highest BCUT2D eigenvalue weighted by atomic mass is 32.2. The summed E-state index contributed by atoms with van der Waals surface area (Å²) < 4.78 is 1.72. The average Bonchev–Trinajstić information content (AvgIpc) is 3.14. The van der Waals surface area contributed by atoms with Crippen LogP contribution in [0.2, 0.25) is 0 Å². The van der Waals surface area contributed by atoms with Crippen LogP contribution < -0.4 is 10.6 Å². The molecule has 0 spiro atoms. The number of amides is 2. The van der Waals surface area contributed by atoms with Crippen LogP contribution >= 0.6 is 11.8 Å². The van der Waals surface area contributed by atoms with E-state index in [-0.39, 0.29) is 23.3 Å². The number of hydrogen-bond donors (Lipinski definition) is 2. The van der Waals surface area contributed by atoms with Gasteiger partial charge in [0.2, 0.25) is 5.91 Å². The Morgan fingerprint density at radius 3 is 2.64 bits per heavy atom. The lowest BCUT2D eigenvalue weighted by molar-refractivity contribution is -0.384. The van der Waals surface area contributed by atoms with E-state index < -0.39 is 11.0 Å². The van der Waals surface area contributed by atoms with Crippen LogP contribution in [-0.4, -0.2) is 37.3 Å². The molecule has 3 rings (SSSR count). The number of nitrogens with one attached hydrogen (secondary N) is 2. The number of non-ortho nitro benzene ring substituents is 1. The Bertz CT molecular complexity index is 1210. The first kappa shape index (κ1) is 23.9. The van der Waals surface area contributed by atoms with E-state index in [9.17, 15) is 19.7 Å². The Morgan fingerprint density at radius 2 is 1.94 bits per heavy atom. The molecule has 2 amide bonds. The van der Waals surface area contributed by atoms with Gasteiger partial charge in [-0.25, -0.2) is 0 Å². The molecule has 2 N–H and O–H groups in total. The molecule has 1 heterocycles. The third kappa shape index (κ3) is 5.95. The summed E-state index contributed by atoms with van der Waals surface area (Å²) >= 11 is 1.18. The summed E-state index contributed by atoms with van der Waals surface area (Å²) in [4.78, 5) is 35.3. The number of rotatable bonds is 8. The van der Waals surface area contributed by atoms with Crippen molar-refractivity contribution in [1.29, 1.82) is 0 Å². The first-order valence-electron chi connectivity index (χ1n) is 10.1. The Balaban J connectivity index is 1.60. The molecule has 0 fully saturated rings. The SMILES string of the molecule is Cc1cccc(C(=O)N[C@@H](C)c2nnc(SCC(=O)Nc3cc([N+](=O)[O-])ccc3C)n2C)c1. The minimum atomic E-state index is -0.510. The summed E-state index contributed by atoms with van der Waals surface area (Å²) in [5.74, 6) is 0.0514. The minimum absolute atomic E-state index is 0.0398. The van der Waals surface area contributed by atoms with Gasteiger partial charge in [0.1, 0.15) is 0 Å². The Hall–Kier alpha value is -3.73. The number of nitro groups is 1. The van der Waals surface area contributed by atoms with Gasteiger partial charge >= 0.3 is 0 Å². The van der Waals surface area contributed by atoms with Gasteiger partial charge in [-0.05, 0) is 38.5 Å². The molecule has 33 heavy (non-hydrogen) atoms. The van der Waals surface area contributed by atoms with Crippen molar-refractivity contribution < 1.29 is 14.5 Å². The Morgan fingerprint density at radius 1 is 1.18 bits per heavy atom. The van der Waals surface area contributed by atoms with Crippen molar-refractivity contribution in [2.75, 3.05) is 11.1 Å². The molecule has 10 nitrogen and oxygen atoms in total. The summed E-state index contributed by atoms with van der Waals surface area (Å²) in [6.45, 7) is 5.49. The van der Waals surface area contributed by atoms with Crippen molar-refractivity contribution in [3.63, 3.8) is 0 Å². The highest BCUT2D eigenvalue weighted by molar-refractivity contribution is 7.99. The third-order valence-electron chi connectivity index (χ3n) is 4.92. The molecule has 172 valence electrons. The maximum atomic E-state index is 12.5. The molecule has 1 aromatic heterocycles. The molecular weight excluding hydrogens is 444 g/mol. The normalized spacial score (nSPS) is 11.6. The fraction of sp³-hybridized carbons (Fsp3) is 0.273. The van der Waals surface area contributed by atoms with E-state index in [1.807, 2.05) is 32.0 Å². The molecule has 1 atom stereocenters. The number of carbonyl (C=O) groups excluding carboxylic acids is 2. The van der Waals surface area contributed by atoms with E-state index in [2.05, 4.69) is 20.8 Å².